The van der Waals surface area contributed by atoms with Crippen molar-refractivity contribution in [3.8, 4) is 0 Å². The SMILES string of the molecule is O=C1CC(CC(=O)N2CC3CN(c4ccccc4)CC3C2)CO1. The lowest BCUT2D eigenvalue weighted by molar-refractivity contribution is -0.138. The van der Waals surface area contributed by atoms with Gasteiger partial charge in [0.25, 0.3) is 0 Å². The summed E-state index contributed by atoms with van der Waals surface area (Å²) in [6, 6.07) is 10.5. The molecule has 1 aromatic rings. The first-order chi connectivity index (χ1) is 11.2. The summed E-state index contributed by atoms with van der Waals surface area (Å²) in [6.07, 6.45) is 0.849. The summed E-state index contributed by atoms with van der Waals surface area (Å²) in [4.78, 5) is 28.0. The molecule has 4 rings (SSSR count). The van der Waals surface area contributed by atoms with Crippen molar-refractivity contribution in [2.45, 2.75) is 12.8 Å². The number of para-hydroxylation sites is 1. The Balaban J connectivity index is 1.31. The van der Waals surface area contributed by atoms with Crippen molar-refractivity contribution in [1.82, 2.24) is 4.90 Å². The highest BCUT2D eigenvalue weighted by Gasteiger charge is 2.42. The molecular weight excluding hydrogens is 292 g/mol. The maximum atomic E-state index is 12.4. The lowest BCUT2D eigenvalue weighted by Gasteiger charge is -2.23. The van der Waals surface area contributed by atoms with E-state index in [0.29, 0.717) is 31.3 Å². The van der Waals surface area contributed by atoms with Crippen LogP contribution in [-0.2, 0) is 14.3 Å². The van der Waals surface area contributed by atoms with E-state index in [1.807, 2.05) is 11.0 Å². The maximum Gasteiger partial charge on any atom is 0.306 e. The zero-order chi connectivity index (χ0) is 15.8. The van der Waals surface area contributed by atoms with E-state index in [4.69, 9.17) is 4.74 Å². The van der Waals surface area contributed by atoms with E-state index < -0.39 is 0 Å². The van der Waals surface area contributed by atoms with Crippen molar-refractivity contribution in [3.63, 3.8) is 0 Å². The second-order valence-corrected chi connectivity index (χ2v) is 7.02. The van der Waals surface area contributed by atoms with Crippen LogP contribution in [0, 0.1) is 17.8 Å². The fourth-order valence-corrected chi connectivity index (χ4v) is 4.12. The van der Waals surface area contributed by atoms with E-state index in [9.17, 15) is 9.59 Å². The molecule has 3 atom stereocenters. The zero-order valence-corrected chi connectivity index (χ0v) is 13.2. The van der Waals surface area contributed by atoms with E-state index >= 15 is 0 Å². The van der Waals surface area contributed by atoms with Crippen LogP contribution in [0.2, 0.25) is 0 Å². The number of nitrogens with zero attached hydrogens (tertiary/aromatic N) is 2. The molecule has 3 saturated heterocycles. The average Bonchev–Trinajstić information content (AvgIpc) is 3.22. The zero-order valence-electron chi connectivity index (χ0n) is 13.2. The van der Waals surface area contributed by atoms with Crippen LogP contribution in [0.5, 0.6) is 0 Å². The highest BCUT2D eigenvalue weighted by Crippen LogP contribution is 2.34. The predicted octanol–water partition coefficient (Wildman–Crippen LogP) is 1.53. The first-order valence-electron chi connectivity index (χ1n) is 8.42. The number of rotatable bonds is 3. The molecule has 1 aromatic carbocycles. The molecule has 0 aliphatic carbocycles. The third-order valence-electron chi connectivity index (χ3n) is 5.36. The minimum atomic E-state index is -0.167. The number of anilines is 1. The molecule has 3 aliphatic heterocycles. The normalized spacial score (nSPS) is 29.7. The van der Waals surface area contributed by atoms with Crippen LogP contribution in [0.25, 0.3) is 0 Å². The first-order valence-corrected chi connectivity index (χ1v) is 8.42. The molecule has 0 radical (unpaired) electrons. The quantitative estimate of drug-likeness (QED) is 0.794. The molecule has 3 fully saturated rings. The fourth-order valence-electron chi connectivity index (χ4n) is 4.12. The standard InChI is InChI=1S/C18H22N2O3/c21-17(6-13-7-18(22)23-12-13)20-10-14-8-19(9-15(14)11-20)16-4-2-1-3-5-16/h1-5,13-15H,6-12H2. The van der Waals surface area contributed by atoms with Gasteiger partial charge < -0.3 is 14.5 Å². The van der Waals surface area contributed by atoms with Gasteiger partial charge in [0.2, 0.25) is 5.91 Å². The smallest absolute Gasteiger partial charge is 0.306 e. The lowest BCUT2D eigenvalue weighted by Crippen LogP contribution is -2.34. The van der Waals surface area contributed by atoms with Gasteiger partial charge in [0.15, 0.2) is 0 Å². The van der Waals surface area contributed by atoms with Crippen LogP contribution in [0.15, 0.2) is 30.3 Å². The van der Waals surface area contributed by atoms with Gasteiger partial charge >= 0.3 is 5.97 Å². The molecule has 122 valence electrons. The number of esters is 1. The minimum Gasteiger partial charge on any atom is -0.465 e. The molecule has 0 aromatic heterocycles. The number of carbonyl (C=O) groups is 2. The number of likely N-dealkylation sites (tertiary alicyclic amines) is 1. The Kier molecular flexibility index (Phi) is 3.71. The topological polar surface area (TPSA) is 49.9 Å². The first kappa shape index (κ1) is 14.5. The Morgan fingerprint density at radius 3 is 2.39 bits per heavy atom. The number of hydrogen-bond donors (Lipinski definition) is 0. The van der Waals surface area contributed by atoms with Gasteiger partial charge in [0.1, 0.15) is 0 Å². The number of fused-ring (bicyclic) bond motifs is 1. The van der Waals surface area contributed by atoms with Gasteiger partial charge in [-0.15, -0.1) is 0 Å². The summed E-state index contributed by atoms with van der Waals surface area (Å²) in [6.45, 7) is 4.18. The molecule has 0 spiro atoms. The van der Waals surface area contributed by atoms with Crippen LogP contribution in [0.3, 0.4) is 0 Å². The molecule has 3 heterocycles. The second kappa shape index (κ2) is 5.87. The van der Waals surface area contributed by atoms with Gasteiger partial charge in [0, 0.05) is 56.0 Å². The molecule has 0 bridgehead atoms. The summed E-state index contributed by atoms with van der Waals surface area (Å²) in [7, 11) is 0. The average molecular weight is 314 g/mol. The Morgan fingerprint density at radius 2 is 1.78 bits per heavy atom. The Morgan fingerprint density at radius 1 is 1.09 bits per heavy atom. The van der Waals surface area contributed by atoms with Gasteiger partial charge in [-0.05, 0) is 12.1 Å². The third kappa shape index (κ3) is 2.92. The van der Waals surface area contributed by atoms with E-state index in [0.717, 1.165) is 26.2 Å². The minimum absolute atomic E-state index is 0.0799. The summed E-state index contributed by atoms with van der Waals surface area (Å²) < 4.78 is 4.95. The molecule has 5 heteroatoms. The van der Waals surface area contributed by atoms with Crippen molar-refractivity contribution in [3.05, 3.63) is 30.3 Å². The molecule has 0 saturated carbocycles. The number of hydrogen-bond acceptors (Lipinski definition) is 4. The van der Waals surface area contributed by atoms with Crippen molar-refractivity contribution in [2.24, 2.45) is 17.8 Å². The van der Waals surface area contributed by atoms with Crippen LogP contribution in [0.4, 0.5) is 5.69 Å². The Hall–Kier alpha value is -2.04. The van der Waals surface area contributed by atoms with Crippen molar-refractivity contribution in [1.29, 1.82) is 0 Å². The molecule has 3 unspecified atom stereocenters. The van der Waals surface area contributed by atoms with Crippen LogP contribution >= 0.6 is 0 Å². The molecule has 0 N–H and O–H groups in total. The van der Waals surface area contributed by atoms with Gasteiger partial charge in [-0.1, -0.05) is 18.2 Å². The molecule has 3 aliphatic rings. The second-order valence-electron chi connectivity index (χ2n) is 7.02. The largest absolute Gasteiger partial charge is 0.465 e. The van der Waals surface area contributed by atoms with E-state index in [2.05, 4.69) is 29.2 Å². The number of cyclic esters (lactones) is 1. The molecular formula is C18H22N2O3. The van der Waals surface area contributed by atoms with E-state index in [1.54, 1.807) is 0 Å². The van der Waals surface area contributed by atoms with E-state index in [-0.39, 0.29) is 17.8 Å². The van der Waals surface area contributed by atoms with Crippen LogP contribution in [-0.4, -0.2) is 49.6 Å². The van der Waals surface area contributed by atoms with Crippen LogP contribution in [0.1, 0.15) is 12.8 Å². The summed E-state index contributed by atoms with van der Waals surface area (Å²) in [5.74, 6) is 1.24. The van der Waals surface area contributed by atoms with Crippen molar-refractivity contribution in [2.75, 3.05) is 37.7 Å². The highest BCUT2D eigenvalue weighted by molar-refractivity contribution is 5.79. The summed E-state index contributed by atoms with van der Waals surface area (Å²) in [5.41, 5.74) is 1.28. The third-order valence-corrected chi connectivity index (χ3v) is 5.36. The van der Waals surface area contributed by atoms with Gasteiger partial charge in [0.05, 0.1) is 13.0 Å². The van der Waals surface area contributed by atoms with E-state index in [1.165, 1.54) is 5.69 Å². The van der Waals surface area contributed by atoms with Crippen molar-refractivity contribution >= 4 is 17.6 Å². The van der Waals surface area contributed by atoms with Gasteiger partial charge in [-0.3, -0.25) is 9.59 Å². The summed E-state index contributed by atoms with van der Waals surface area (Å²) in [5, 5.41) is 0. The highest BCUT2D eigenvalue weighted by atomic mass is 16.5. The monoisotopic (exact) mass is 314 g/mol. The molecule has 23 heavy (non-hydrogen) atoms. The number of carbonyl (C=O) groups excluding carboxylic acids is 2. The molecule has 1 amide bonds. The van der Waals surface area contributed by atoms with Crippen LogP contribution < -0.4 is 4.90 Å². The number of amides is 1. The Labute approximate surface area is 136 Å². The van der Waals surface area contributed by atoms with Gasteiger partial charge in [-0.25, -0.2) is 0 Å². The maximum absolute atomic E-state index is 12.4. The molecule has 5 nitrogen and oxygen atoms in total. The Bertz CT molecular complexity index is 590. The number of benzene rings is 1. The van der Waals surface area contributed by atoms with Gasteiger partial charge in [-0.2, -0.15) is 0 Å². The summed E-state index contributed by atoms with van der Waals surface area (Å²) >= 11 is 0. The van der Waals surface area contributed by atoms with Crippen molar-refractivity contribution < 1.29 is 14.3 Å². The lowest BCUT2D eigenvalue weighted by atomic mass is 10.0. The number of ether oxygens (including phenoxy) is 1. The fraction of sp³-hybridized carbons (Fsp3) is 0.556. The predicted molar refractivity (Wildman–Crippen MR) is 85.9 cm³/mol.